The van der Waals surface area contributed by atoms with Crippen molar-refractivity contribution in [1.82, 2.24) is 9.80 Å². The fourth-order valence-corrected chi connectivity index (χ4v) is 2.76. The molecule has 2 rings (SSSR count). The first-order chi connectivity index (χ1) is 11.0. The maximum Gasteiger partial charge on any atom is 0.236 e. The molecule has 6 heteroatoms. The van der Waals surface area contributed by atoms with Crippen LogP contribution in [-0.4, -0.2) is 62.7 Å². The van der Waals surface area contributed by atoms with E-state index in [4.69, 9.17) is 15.2 Å². The Morgan fingerprint density at radius 1 is 1.26 bits per heavy atom. The van der Waals surface area contributed by atoms with E-state index in [2.05, 4.69) is 4.90 Å². The minimum absolute atomic E-state index is 0.121. The Morgan fingerprint density at radius 2 is 1.91 bits per heavy atom. The Balaban J connectivity index is 1.90. The molecule has 1 aliphatic heterocycles. The quantitative estimate of drug-likeness (QED) is 0.849. The van der Waals surface area contributed by atoms with Gasteiger partial charge in [0.15, 0.2) is 11.5 Å². The monoisotopic (exact) mass is 321 g/mol. The Kier molecular flexibility index (Phi) is 6.24. The van der Waals surface area contributed by atoms with Gasteiger partial charge in [-0.1, -0.05) is 6.07 Å². The van der Waals surface area contributed by atoms with Crippen LogP contribution in [-0.2, 0) is 11.3 Å². The molecule has 0 atom stereocenters. The molecule has 0 spiro atoms. The zero-order valence-electron chi connectivity index (χ0n) is 14.2. The van der Waals surface area contributed by atoms with Gasteiger partial charge in [-0.2, -0.15) is 0 Å². The van der Waals surface area contributed by atoms with Crippen LogP contribution in [0.2, 0.25) is 0 Å². The van der Waals surface area contributed by atoms with Gasteiger partial charge in [-0.3, -0.25) is 9.69 Å². The van der Waals surface area contributed by atoms with Crippen LogP contribution in [0, 0.1) is 0 Å². The van der Waals surface area contributed by atoms with E-state index in [1.165, 1.54) is 0 Å². The number of nitrogens with zero attached hydrogens (tertiary/aromatic N) is 2. The average Bonchev–Trinajstić information content (AvgIpc) is 2.56. The van der Waals surface area contributed by atoms with Gasteiger partial charge in [0.25, 0.3) is 0 Å². The number of methoxy groups -OCH3 is 2. The molecule has 0 aliphatic carbocycles. The van der Waals surface area contributed by atoms with Crippen molar-refractivity contribution in [3.8, 4) is 11.5 Å². The summed E-state index contributed by atoms with van der Waals surface area (Å²) in [5.41, 5.74) is 6.91. The van der Waals surface area contributed by atoms with E-state index in [0.29, 0.717) is 24.6 Å². The highest BCUT2D eigenvalue weighted by Crippen LogP contribution is 2.27. The summed E-state index contributed by atoms with van der Waals surface area (Å²) in [7, 11) is 5.05. The van der Waals surface area contributed by atoms with Crippen molar-refractivity contribution in [3.63, 3.8) is 0 Å². The number of nitrogens with two attached hydrogens (primary N) is 1. The van der Waals surface area contributed by atoms with Crippen molar-refractivity contribution < 1.29 is 14.3 Å². The van der Waals surface area contributed by atoms with E-state index in [0.717, 1.165) is 31.5 Å². The van der Waals surface area contributed by atoms with Gasteiger partial charge in [-0.05, 0) is 30.5 Å². The second kappa shape index (κ2) is 8.17. The average molecular weight is 321 g/mol. The first kappa shape index (κ1) is 17.6. The van der Waals surface area contributed by atoms with Crippen LogP contribution in [0.1, 0.15) is 18.4 Å². The molecule has 0 radical (unpaired) electrons. The number of carbonyl (C=O) groups is 1. The fraction of sp³-hybridized carbons (Fsp3) is 0.588. The van der Waals surface area contributed by atoms with Crippen LogP contribution < -0.4 is 15.2 Å². The van der Waals surface area contributed by atoms with E-state index in [9.17, 15) is 4.79 Å². The van der Waals surface area contributed by atoms with Gasteiger partial charge in [0.1, 0.15) is 0 Å². The van der Waals surface area contributed by atoms with Gasteiger partial charge >= 0.3 is 0 Å². The highest BCUT2D eigenvalue weighted by atomic mass is 16.5. The minimum Gasteiger partial charge on any atom is -0.493 e. The number of likely N-dealkylation sites (tertiary alicyclic amines) is 1. The van der Waals surface area contributed by atoms with Crippen molar-refractivity contribution in [1.29, 1.82) is 0 Å². The molecular formula is C17H27N3O3. The highest BCUT2D eigenvalue weighted by Gasteiger charge is 2.20. The molecule has 1 fully saturated rings. The Labute approximate surface area is 138 Å². The van der Waals surface area contributed by atoms with Crippen LogP contribution in [0.4, 0.5) is 0 Å². The summed E-state index contributed by atoms with van der Waals surface area (Å²) in [6.45, 7) is 2.80. The molecule has 2 N–H and O–H groups in total. The molecular weight excluding hydrogens is 294 g/mol. The smallest absolute Gasteiger partial charge is 0.236 e. The summed E-state index contributed by atoms with van der Waals surface area (Å²) >= 11 is 0. The number of hydrogen-bond donors (Lipinski definition) is 1. The molecule has 0 saturated carbocycles. The molecule has 128 valence electrons. The number of hydrogen-bond acceptors (Lipinski definition) is 5. The van der Waals surface area contributed by atoms with Crippen LogP contribution >= 0.6 is 0 Å². The van der Waals surface area contributed by atoms with Crippen LogP contribution in [0.15, 0.2) is 18.2 Å². The van der Waals surface area contributed by atoms with Crippen molar-refractivity contribution in [2.75, 3.05) is 40.9 Å². The highest BCUT2D eigenvalue weighted by molar-refractivity contribution is 5.78. The van der Waals surface area contributed by atoms with Gasteiger partial charge in [-0.25, -0.2) is 0 Å². The first-order valence-corrected chi connectivity index (χ1v) is 7.96. The lowest BCUT2D eigenvalue weighted by atomic mass is 10.1. The normalized spacial score (nSPS) is 16.2. The molecule has 6 nitrogen and oxygen atoms in total. The third-order valence-electron chi connectivity index (χ3n) is 4.28. The second-order valence-corrected chi connectivity index (χ2v) is 6.05. The van der Waals surface area contributed by atoms with Gasteiger partial charge in [0.2, 0.25) is 5.91 Å². The molecule has 1 saturated heterocycles. The minimum atomic E-state index is 0.121. The van der Waals surface area contributed by atoms with Gasteiger partial charge < -0.3 is 20.1 Å². The van der Waals surface area contributed by atoms with Gasteiger partial charge in [0.05, 0.1) is 20.8 Å². The zero-order chi connectivity index (χ0) is 16.8. The summed E-state index contributed by atoms with van der Waals surface area (Å²) in [6, 6.07) is 6.00. The fourth-order valence-electron chi connectivity index (χ4n) is 2.76. The number of carbonyl (C=O) groups excluding carboxylic acids is 1. The third kappa shape index (κ3) is 4.84. The molecule has 1 heterocycles. The van der Waals surface area contributed by atoms with E-state index >= 15 is 0 Å². The number of piperidine rings is 1. The predicted molar refractivity (Wildman–Crippen MR) is 89.7 cm³/mol. The van der Waals surface area contributed by atoms with Crippen molar-refractivity contribution in [2.45, 2.75) is 25.4 Å². The molecule has 0 unspecified atom stereocenters. The number of benzene rings is 1. The number of likely N-dealkylation sites (N-methyl/N-ethyl adjacent to an activating group) is 1. The lowest BCUT2D eigenvalue weighted by molar-refractivity contribution is -0.131. The maximum atomic E-state index is 12.4. The first-order valence-electron chi connectivity index (χ1n) is 7.96. The summed E-state index contributed by atoms with van der Waals surface area (Å²) in [5, 5.41) is 0. The Bertz CT molecular complexity index is 528. The second-order valence-electron chi connectivity index (χ2n) is 6.05. The standard InChI is InChI=1S/C17H27N3O3/c1-19(17(21)12-20-8-6-14(18)7-9-20)11-13-4-5-15(22-2)16(10-13)23-3/h4-5,10,14H,6-9,11-12,18H2,1-3H3. The summed E-state index contributed by atoms with van der Waals surface area (Å²) in [6.07, 6.45) is 1.93. The van der Waals surface area contributed by atoms with E-state index in [1.807, 2.05) is 25.2 Å². The van der Waals surface area contributed by atoms with Gasteiger partial charge in [0, 0.05) is 32.7 Å². The lowest BCUT2D eigenvalue weighted by Crippen LogP contribution is -2.44. The van der Waals surface area contributed by atoms with Crippen LogP contribution in [0.3, 0.4) is 0 Å². The van der Waals surface area contributed by atoms with Crippen LogP contribution in [0.25, 0.3) is 0 Å². The molecule has 23 heavy (non-hydrogen) atoms. The molecule has 1 aromatic carbocycles. The van der Waals surface area contributed by atoms with Crippen molar-refractivity contribution >= 4 is 5.91 Å². The maximum absolute atomic E-state index is 12.4. The summed E-state index contributed by atoms with van der Waals surface area (Å²) in [4.78, 5) is 16.3. The van der Waals surface area contributed by atoms with E-state index in [1.54, 1.807) is 19.1 Å². The SMILES string of the molecule is COc1ccc(CN(C)C(=O)CN2CCC(N)CC2)cc1OC. The van der Waals surface area contributed by atoms with E-state index < -0.39 is 0 Å². The topological polar surface area (TPSA) is 68.0 Å². The summed E-state index contributed by atoms with van der Waals surface area (Å²) < 4.78 is 10.5. The van der Waals surface area contributed by atoms with E-state index in [-0.39, 0.29) is 11.9 Å². The Hall–Kier alpha value is -1.79. The van der Waals surface area contributed by atoms with Gasteiger partial charge in [-0.15, -0.1) is 0 Å². The zero-order valence-corrected chi connectivity index (χ0v) is 14.2. The van der Waals surface area contributed by atoms with Crippen molar-refractivity contribution in [3.05, 3.63) is 23.8 Å². The molecule has 0 bridgehead atoms. The molecule has 1 amide bonds. The van der Waals surface area contributed by atoms with Crippen molar-refractivity contribution in [2.24, 2.45) is 5.73 Å². The number of rotatable bonds is 6. The predicted octanol–water partition coefficient (Wildman–Crippen LogP) is 1.09. The molecule has 0 aromatic heterocycles. The lowest BCUT2D eigenvalue weighted by Gasteiger charge is -2.30. The number of amides is 1. The summed E-state index contributed by atoms with van der Waals surface area (Å²) in [5.74, 6) is 1.49. The molecule has 1 aromatic rings. The Morgan fingerprint density at radius 3 is 2.52 bits per heavy atom. The van der Waals surface area contributed by atoms with Crippen LogP contribution in [0.5, 0.6) is 11.5 Å². The largest absolute Gasteiger partial charge is 0.493 e. The third-order valence-corrected chi connectivity index (χ3v) is 4.28. The molecule has 1 aliphatic rings. The number of ether oxygens (including phenoxy) is 2.